The number of Topliss-reactive ketones (excluding diaryl/α,β-unsaturated/α-hetero) is 1. The molecule has 0 saturated heterocycles. The van der Waals surface area contributed by atoms with Gasteiger partial charge in [-0.2, -0.15) is 0 Å². The standard InChI is InChI=1S/C17H16N2O/c1-3-17(20)13-5-8-19-9-6-14(16(19)11-13)15-10-12(2)4-7-18-15/h4-11H,3H2,1-2H3. The summed E-state index contributed by atoms with van der Waals surface area (Å²) in [7, 11) is 0. The van der Waals surface area contributed by atoms with Crippen LogP contribution in [0.2, 0.25) is 0 Å². The predicted molar refractivity (Wildman–Crippen MR) is 80.0 cm³/mol. The maximum atomic E-state index is 11.9. The van der Waals surface area contributed by atoms with Gasteiger partial charge in [-0.1, -0.05) is 6.92 Å². The minimum atomic E-state index is 0.164. The Labute approximate surface area is 117 Å². The molecule has 3 aromatic heterocycles. The number of aromatic nitrogens is 2. The van der Waals surface area contributed by atoms with Crippen molar-refractivity contribution in [3.05, 3.63) is 60.0 Å². The first-order valence-corrected chi connectivity index (χ1v) is 6.76. The molecule has 0 bridgehead atoms. The number of carbonyl (C=O) groups is 1. The van der Waals surface area contributed by atoms with Gasteiger partial charge < -0.3 is 4.40 Å². The van der Waals surface area contributed by atoms with E-state index in [1.807, 2.05) is 54.2 Å². The largest absolute Gasteiger partial charge is 0.323 e. The lowest BCUT2D eigenvalue weighted by Gasteiger charge is -2.04. The lowest BCUT2D eigenvalue weighted by atomic mass is 10.1. The Morgan fingerprint density at radius 3 is 2.75 bits per heavy atom. The summed E-state index contributed by atoms with van der Waals surface area (Å²) in [6, 6.07) is 9.90. The highest BCUT2D eigenvalue weighted by molar-refractivity contribution is 5.98. The van der Waals surface area contributed by atoms with Gasteiger partial charge in [0.1, 0.15) is 0 Å². The molecule has 0 saturated carbocycles. The minimum Gasteiger partial charge on any atom is -0.323 e. The summed E-state index contributed by atoms with van der Waals surface area (Å²) >= 11 is 0. The second-order valence-electron chi connectivity index (χ2n) is 4.93. The number of pyridine rings is 2. The van der Waals surface area contributed by atoms with Crippen LogP contribution in [0.15, 0.2) is 48.9 Å². The Bertz CT molecular complexity index is 787. The van der Waals surface area contributed by atoms with Crippen LogP contribution in [0.5, 0.6) is 0 Å². The lowest BCUT2D eigenvalue weighted by molar-refractivity contribution is 0.0988. The molecule has 3 nitrogen and oxygen atoms in total. The molecular formula is C17H16N2O. The summed E-state index contributed by atoms with van der Waals surface area (Å²) < 4.78 is 2.02. The molecule has 0 atom stereocenters. The third-order valence-electron chi connectivity index (χ3n) is 3.50. The summed E-state index contributed by atoms with van der Waals surface area (Å²) in [5.74, 6) is 0.164. The fourth-order valence-electron chi connectivity index (χ4n) is 2.38. The van der Waals surface area contributed by atoms with Crippen molar-refractivity contribution in [3.8, 4) is 11.3 Å². The van der Waals surface area contributed by atoms with Gasteiger partial charge in [0.2, 0.25) is 0 Å². The average Bonchev–Trinajstić information content (AvgIpc) is 2.89. The SMILES string of the molecule is CCC(=O)c1ccn2ccc(-c3cc(C)ccn3)c2c1. The second kappa shape index (κ2) is 4.93. The van der Waals surface area contributed by atoms with Crippen LogP contribution in [0.4, 0.5) is 0 Å². The predicted octanol–water partition coefficient (Wildman–Crippen LogP) is 3.90. The van der Waals surface area contributed by atoms with Gasteiger partial charge in [-0.15, -0.1) is 0 Å². The van der Waals surface area contributed by atoms with Crippen molar-refractivity contribution in [3.63, 3.8) is 0 Å². The van der Waals surface area contributed by atoms with Crippen LogP contribution in [0.25, 0.3) is 16.8 Å². The molecule has 3 heterocycles. The number of ketones is 1. The van der Waals surface area contributed by atoms with E-state index in [1.165, 1.54) is 5.56 Å². The first-order valence-electron chi connectivity index (χ1n) is 6.76. The first kappa shape index (κ1) is 12.6. The van der Waals surface area contributed by atoms with Crippen molar-refractivity contribution < 1.29 is 4.79 Å². The molecule has 0 radical (unpaired) electrons. The molecule has 0 aromatic carbocycles. The van der Waals surface area contributed by atoms with E-state index < -0.39 is 0 Å². The van der Waals surface area contributed by atoms with Gasteiger partial charge in [-0.05, 0) is 42.8 Å². The van der Waals surface area contributed by atoms with Gasteiger partial charge in [0.25, 0.3) is 0 Å². The number of carbonyl (C=O) groups excluding carboxylic acids is 1. The molecule has 0 fully saturated rings. The Morgan fingerprint density at radius 2 is 2.00 bits per heavy atom. The highest BCUT2D eigenvalue weighted by Crippen LogP contribution is 2.25. The van der Waals surface area contributed by atoms with E-state index in [1.54, 1.807) is 0 Å². The molecular weight excluding hydrogens is 248 g/mol. The van der Waals surface area contributed by atoms with Crippen molar-refractivity contribution in [2.45, 2.75) is 20.3 Å². The zero-order valence-electron chi connectivity index (χ0n) is 11.6. The molecule has 0 unspecified atom stereocenters. The highest BCUT2D eigenvalue weighted by Gasteiger charge is 2.09. The van der Waals surface area contributed by atoms with Crippen molar-refractivity contribution in [2.24, 2.45) is 0 Å². The molecule has 0 aliphatic heterocycles. The number of aryl methyl sites for hydroxylation is 1. The summed E-state index contributed by atoms with van der Waals surface area (Å²) in [5.41, 5.74) is 4.94. The van der Waals surface area contributed by atoms with Gasteiger partial charge in [-0.25, -0.2) is 0 Å². The quantitative estimate of drug-likeness (QED) is 0.672. The molecule has 3 rings (SSSR count). The van der Waals surface area contributed by atoms with Gasteiger partial charge in [0, 0.05) is 36.1 Å². The van der Waals surface area contributed by atoms with Crippen molar-refractivity contribution in [2.75, 3.05) is 0 Å². The first-order chi connectivity index (χ1) is 9.69. The van der Waals surface area contributed by atoms with Gasteiger partial charge in [-0.3, -0.25) is 9.78 Å². The summed E-state index contributed by atoms with van der Waals surface area (Å²) in [6.45, 7) is 3.93. The van der Waals surface area contributed by atoms with E-state index in [2.05, 4.69) is 18.0 Å². The molecule has 3 aromatic rings. The van der Waals surface area contributed by atoms with Gasteiger partial charge in [0.05, 0.1) is 11.2 Å². The van der Waals surface area contributed by atoms with E-state index in [0.29, 0.717) is 6.42 Å². The maximum absolute atomic E-state index is 11.9. The molecule has 0 aliphatic carbocycles. The van der Waals surface area contributed by atoms with Crippen molar-refractivity contribution in [1.82, 2.24) is 9.38 Å². The highest BCUT2D eigenvalue weighted by atomic mass is 16.1. The Kier molecular flexibility index (Phi) is 3.11. The monoisotopic (exact) mass is 264 g/mol. The lowest BCUT2D eigenvalue weighted by Crippen LogP contribution is -1.97. The van der Waals surface area contributed by atoms with Crippen LogP contribution < -0.4 is 0 Å². The summed E-state index contributed by atoms with van der Waals surface area (Å²) in [6.07, 6.45) is 6.26. The fourth-order valence-corrected chi connectivity index (χ4v) is 2.38. The zero-order chi connectivity index (χ0) is 14.1. The third kappa shape index (κ3) is 2.11. The van der Waals surface area contributed by atoms with E-state index in [-0.39, 0.29) is 5.78 Å². The molecule has 20 heavy (non-hydrogen) atoms. The minimum absolute atomic E-state index is 0.164. The van der Waals surface area contributed by atoms with E-state index in [4.69, 9.17) is 0 Å². The Morgan fingerprint density at radius 1 is 1.20 bits per heavy atom. The van der Waals surface area contributed by atoms with Crippen LogP contribution in [-0.2, 0) is 0 Å². The number of hydrogen-bond acceptors (Lipinski definition) is 2. The number of fused-ring (bicyclic) bond motifs is 1. The third-order valence-corrected chi connectivity index (χ3v) is 3.50. The molecule has 3 heteroatoms. The smallest absolute Gasteiger partial charge is 0.162 e. The van der Waals surface area contributed by atoms with Gasteiger partial charge in [0.15, 0.2) is 5.78 Å². The normalized spacial score (nSPS) is 10.9. The summed E-state index contributed by atoms with van der Waals surface area (Å²) in [4.78, 5) is 16.3. The molecule has 0 N–H and O–H groups in total. The number of nitrogens with zero attached hydrogens (tertiary/aromatic N) is 2. The average molecular weight is 264 g/mol. The Balaban J connectivity index is 2.19. The molecule has 0 spiro atoms. The molecule has 0 aliphatic rings. The van der Waals surface area contributed by atoms with E-state index >= 15 is 0 Å². The molecule has 100 valence electrons. The fraction of sp³-hybridized carbons (Fsp3) is 0.176. The van der Waals surface area contributed by atoms with Crippen molar-refractivity contribution >= 4 is 11.3 Å². The van der Waals surface area contributed by atoms with Crippen LogP contribution in [0.1, 0.15) is 29.3 Å². The zero-order valence-corrected chi connectivity index (χ0v) is 11.6. The second-order valence-corrected chi connectivity index (χ2v) is 4.93. The number of rotatable bonds is 3. The van der Waals surface area contributed by atoms with E-state index in [9.17, 15) is 4.79 Å². The molecule has 0 amide bonds. The summed E-state index contributed by atoms with van der Waals surface area (Å²) in [5, 5.41) is 0. The van der Waals surface area contributed by atoms with E-state index in [0.717, 1.165) is 22.3 Å². The Hall–Kier alpha value is -2.42. The number of hydrogen-bond donors (Lipinski definition) is 0. The van der Waals surface area contributed by atoms with Crippen LogP contribution in [0.3, 0.4) is 0 Å². The van der Waals surface area contributed by atoms with Crippen LogP contribution >= 0.6 is 0 Å². The van der Waals surface area contributed by atoms with Gasteiger partial charge >= 0.3 is 0 Å². The maximum Gasteiger partial charge on any atom is 0.162 e. The van der Waals surface area contributed by atoms with Crippen LogP contribution in [-0.4, -0.2) is 15.2 Å². The van der Waals surface area contributed by atoms with Crippen molar-refractivity contribution in [1.29, 1.82) is 0 Å². The van der Waals surface area contributed by atoms with Crippen LogP contribution in [0, 0.1) is 6.92 Å². The topological polar surface area (TPSA) is 34.4 Å².